The molecule has 0 aromatic heterocycles. The van der Waals surface area contributed by atoms with Crippen molar-refractivity contribution in [3.63, 3.8) is 0 Å². The molecule has 0 bridgehead atoms. The third-order valence-electron chi connectivity index (χ3n) is 5.42. The highest BCUT2D eigenvalue weighted by atomic mass is 14.0. The van der Waals surface area contributed by atoms with Crippen LogP contribution in [0.5, 0.6) is 0 Å². The monoisotopic (exact) mass is 436 g/mol. The van der Waals surface area contributed by atoms with Gasteiger partial charge in [-0.1, -0.05) is 170 Å². The van der Waals surface area contributed by atoms with Crippen molar-refractivity contribution in [3.05, 3.63) is 170 Å². The maximum Gasteiger partial charge on any atom is -0.0184 e. The molecule has 34 heavy (non-hydrogen) atoms. The number of fused-ring (bicyclic) bond motifs is 1. The quantitative estimate of drug-likeness (QED) is 0.253. The molecule has 0 saturated heterocycles. The Morgan fingerprint density at radius 2 is 0.353 bits per heavy atom. The van der Waals surface area contributed by atoms with E-state index in [1.54, 1.807) is 0 Å². The first-order valence-electron chi connectivity index (χ1n) is 11.5. The van der Waals surface area contributed by atoms with Gasteiger partial charge in [-0.15, -0.1) is 0 Å². The molecule has 0 radical (unpaired) electrons. The average Bonchev–Trinajstić information content (AvgIpc) is 2.96. The van der Waals surface area contributed by atoms with Crippen LogP contribution in [-0.4, -0.2) is 0 Å². The fraction of sp³-hybridized carbons (Fsp3) is 0. The molecule has 0 unspecified atom stereocenters. The molecule has 0 N–H and O–H groups in total. The zero-order valence-corrected chi connectivity index (χ0v) is 19.2. The number of rotatable bonds is 2. The van der Waals surface area contributed by atoms with Crippen LogP contribution < -0.4 is 0 Å². The summed E-state index contributed by atoms with van der Waals surface area (Å²) in [6, 6.07) is 58.3. The van der Waals surface area contributed by atoms with Crippen molar-refractivity contribution in [1.82, 2.24) is 0 Å². The van der Waals surface area contributed by atoms with Gasteiger partial charge < -0.3 is 0 Å². The second-order valence-electron chi connectivity index (χ2n) is 7.81. The molecule has 0 aliphatic carbocycles. The van der Waals surface area contributed by atoms with Crippen molar-refractivity contribution >= 4 is 10.8 Å². The molecule has 0 atom stereocenters. The predicted molar refractivity (Wildman–Crippen MR) is 148 cm³/mol. The first-order valence-corrected chi connectivity index (χ1v) is 11.5. The van der Waals surface area contributed by atoms with Gasteiger partial charge in [-0.25, -0.2) is 0 Å². The lowest BCUT2D eigenvalue weighted by atomic mass is 10.1. The molecule has 0 nitrogen and oxygen atoms in total. The van der Waals surface area contributed by atoms with Crippen molar-refractivity contribution < 1.29 is 0 Å². The normalized spacial score (nSPS) is 9.76. The second kappa shape index (κ2) is 12.6. The molecule has 0 fully saturated rings. The lowest BCUT2D eigenvalue weighted by Gasteiger charge is -1.98. The Labute approximate surface area is 202 Å². The number of benzene rings is 6. The topological polar surface area (TPSA) is 0 Å². The summed E-state index contributed by atoms with van der Waals surface area (Å²) in [5, 5.41) is 2.62. The van der Waals surface area contributed by atoms with Gasteiger partial charge in [0, 0.05) is 0 Å². The van der Waals surface area contributed by atoms with Gasteiger partial charge in [0.05, 0.1) is 0 Å². The zero-order chi connectivity index (χ0) is 23.3. The van der Waals surface area contributed by atoms with Gasteiger partial charge in [-0.05, 0) is 33.0 Å². The van der Waals surface area contributed by atoms with E-state index in [2.05, 4.69) is 146 Å². The van der Waals surface area contributed by atoms with Crippen molar-refractivity contribution in [2.45, 2.75) is 0 Å². The highest BCUT2D eigenvalue weighted by Crippen LogP contribution is 2.18. The molecule has 0 aliphatic heterocycles. The van der Waals surface area contributed by atoms with Crippen LogP contribution in [0.1, 0.15) is 0 Å². The van der Waals surface area contributed by atoms with E-state index in [-0.39, 0.29) is 0 Å². The van der Waals surface area contributed by atoms with E-state index in [9.17, 15) is 0 Å². The van der Waals surface area contributed by atoms with Crippen LogP contribution in [0.15, 0.2) is 170 Å². The van der Waals surface area contributed by atoms with Crippen LogP contribution >= 0.6 is 0 Å². The zero-order valence-electron chi connectivity index (χ0n) is 19.2. The lowest BCUT2D eigenvalue weighted by molar-refractivity contribution is 1.62. The fourth-order valence-electron chi connectivity index (χ4n) is 3.66. The minimum absolute atomic E-state index is 1.28. The summed E-state index contributed by atoms with van der Waals surface area (Å²) in [5.74, 6) is 0. The maximum absolute atomic E-state index is 2.12. The van der Waals surface area contributed by atoms with Crippen molar-refractivity contribution in [3.8, 4) is 22.3 Å². The van der Waals surface area contributed by atoms with Crippen LogP contribution in [0.25, 0.3) is 33.0 Å². The van der Waals surface area contributed by atoms with Crippen molar-refractivity contribution in [2.24, 2.45) is 0 Å². The van der Waals surface area contributed by atoms with E-state index < -0.39 is 0 Å². The largest absolute Gasteiger partial charge is 0.0622 e. The first-order chi connectivity index (χ1) is 16.9. The third-order valence-corrected chi connectivity index (χ3v) is 5.42. The van der Waals surface area contributed by atoms with Crippen LogP contribution in [0, 0.1) is 0 Å². The molecule has 0 heterocycles. The Morgan fingerprint density at radius 3 is 0.559 bits per heavy atom. The Morgan fingerprint density at radius 1 is 0.176 bits per heavy atom. The maximum atomic E-state index is 2.12. The van der Waals surface area contributed by atoms with Crippen LogP contribution in [0.2, 0.25) is 0 Å². The van der Waals surface area contributed by atoms with E-state index in [4.69, 9.17) is 0 Å². The smallest absolute Gasteiger partial charge is 0.0184 e. The van der Waals surface area contributed by atoms with E-state index >= 15 is 0 Å². The van der Waals surface area contributed by atoms with Gasteiger partial charge in [0.15, 0.2) is 0 Å². The Bertz CT molecular complexity index is 1140. The summed E-state index contributed by atoms with van der Waals surface area (Å²) in [6.45, 7) is 0. The second-order valence-corrected chi connectivity index (χ2v) is 7.81. The molecule has 6 aromatic carbocycles. The molecule has 0 amide bonds. The standard InChI is InChI=1S/2C12H10.C10H8/c2*1-3-7-11(8-4-1)12-9-5-2-6-10-12;1-2-6-10-8-4-3-7-9(10)5-1/h2*1-10H;1-8H. The lowest BCUT2D eigenvalue weighted by Crippen LogP contribution is -1.73. The van der Waals surface area contributed by atoms with Gasteiger partial charge in [0.2, 0.25) is 0 Å². The summed E-state index contributed by atoms with van der Waals surface area (Å²) in [4.78, 5) is 0. The Kier molecular flexibility index (Phi) is 8.42. The molecule has 0 heteroatoms. The van der Waals surface area contributed by atoms with Crippen molar-refractivity contribution in [2.75, 3.05) is 0 Å². The van der Waals surface area contributed by atoms with E-state index in [0.717, 1.165) is 0 Å². The summed E-state index contributed by atoms with van der Waals surface area (Å²) in [5.41, 5.74) is 5.10. The van der Waals surface area contributed by atoms with Gasteiger partial charge in [0.25, 0.3) is 0 Å². The Hall–Kier alpha value is -4.42. The SMILES string of the molecule is c1ccc(-c2ccccc2)cc1.c1ccc(-c2ccccc2)cc1.c1ccc2ccccc2c1. The van der Waals surface area contributed by atoms with E-state index in [1.807, 2.05) is 24.3 Å². The molecule has 0 spiro atoms. The summed E-state index contributed by atoms with van der Waals surface area (Å²) < 4.78 is 0. The predicted octanol–water partition coefficient (Wildman–Crippen LogP) is 9.55. The molecule has 0 saturated carbocycles. The fourth-order valence-corrected chi connectivity index (χ4v) is 3.66. The molecule has 6 rings (SSSR count). The van der Waals surface area contributed by atoms with Gasteiger partial charge in [0.1, 0.15) is 0 Å². The first kappa shape index (κ1) is 22.8. The van der Waals surface area contributed by atoms with Gasteiger partial charge in [-0.3, -0.25) is 0 Å². The minimum atomic E-state index is 1.28. The molecule has 6 aromatic rings. The van der Waals surface area contributed by atoms with Crippen molar-refractivity contribution in [1.29, 1.82) is 0 Å². The Balaban J connectivity index is 0.000000121. The highest BCUT2D eigenvalue weighted by molar-refractivity contribution is 5.82. The number of hydrogen-bond acceptors (Lipinski definition) is 0. The minimum Gasteiger partial charge on any atom is -0.0622 e. The molecular formula is C34H28. The van der Waals surface area contributed by atoms with Crippen LogP contribution in [0.4, 0.5) is 0 Å². The summed E-state index contributed by atoms with van der Waals surface area (Å²) >= 11 is 0. The van der Waals surface area contributed by atoms with E-state index in [0.29, 0.717) is 0 Å². The highest BCUT2D eigenvalue weighted by Gasteiger charge is 1.92. The average molecular weight is 437 g/mol. The molecule has 0 aliphatic rings. The summed E-state index contributed by atoms with van der Waals surface area (Å²) in [6.07, 6.45) is 0. The molecule has 164 valence electrons. The molecular weight excluding hydrogens is 408 g/mol. The van der Waals surface area contributed by atoms with Gasteiger partial charge in [-0.2, -0.15) is 0 Å². The third kappa shape index (κ3) is 6.79. The van der Waals surface area contributed by atoms with Crippen LogP contribution in [0.3, 0.4) is 0 Å². The van der Waals surface area contributed by atoms with Gasteiger partial charge >= 0.3 is 0 Å². The van der Waals surface area contributed by atoms with Crippen LogP contribution in [-0.2, 0) is 0 Å². The summed E-state index contributed by atoms with van der Waals surface area (Å²) in [7, 11) is 0. The number of hydrogen-bond donors (Lipinski definition) is 0. The van der Waals surface area contributed by atoms with E-state index in [1.165, 1.54) is 33.0 Å².